The second kappa shape index (κ2) is 7.80. The van der Waals surface area contributed by atoms with Crippen molar-refractivity contribution in [1.82, 2.24) is 5.43 Å². The molecule has 0 radical (unpaired) electrons. The predicted octanol–water partition coefficient (Wildman–Crippen LogP) is 3.98. The zero-order chi connectivity index (χ0) is 14.4. The first-order chi connectivity index (χ1) is 9.74. The zero-order valence-corrected chi connectivity index (χ0v) is 13.1. The van der Waals surface area contributed by atoms with E-state index in [1.165, 1.54) is 43.2 Å². The van der Waals surface area contributed by atoms with E-state index in [-0.39, 0.29) is 0 Å². The third kappa shape index (κ3) is 4.07. The lowest BCUT2D eigenvalue weighted by atomic mass is 9.76. The number of benzene rings is 1. The molecular formula is C18H30N2. The normalized spacial score (nSPS) is 24.6. The lowest BCUT2D eigenvalue weighted by Gasteiger charge is -2.33. The number of hydrogen-bond donors (Lipinski definition) is 2. The Morgan fingerprint density at radius 2 is 1.90 bits per heavy atom. The minimum atomic E-state index is 0.479. The van der Waals surface area contributed by atoms with E-state index in [0.717, 1.165) is 24.7 Å². The van der Waals surface area contributed by atoms with Gasteiger partial charge in [-0.2, -0.15) is 0 Å². The topological polar surface area (TPSA) is 38.0 Å². The van der Waals surface area contributed by atoms with Gasteiger partial charge in [0, 0.05) is 6.04 Å². The molecule has 3 N–H and O–H groups in total. The van der Waals surface area contributed by atoms with E-state index in [2.05, 4.69) is 43.5 Å². The van der Waals surface area contributed by atoms with Gasteiger partial charge in [-0.05, 0) is 55.6 Å². The van der Waals surface area contributed by atoms with Crippen molar-refractivity contribution >= 4 is 0 Å². The van der Waals surface area contributed by atoms with Crippen LogP contribution in [0.4, 0.5) is 0 Å². The third-order valence-corrected chi connectivity index (χ3v) is 5.24. The molecular weight excluding hydrogens is 244 g/mol. The largest absolute Gasteiger partial charge is 0.271 e. The van der Waals surface area contributed by atoms with E-state index in [1.54, 1.807) is 0 Å². The molecule has 20 heavy (non-hydrogen) atoms. The van der Waals surface area contributed by atoms with Crippen molar-refractivity contribution in [3.63, 3.8) is 0 Å². The minimum Gasteiger partial charge on any atom is -0.271 e. The Hall–Kier alpha value is -0.860. The van der Waals surface area contributed by atoms with Crippen molar-refractivity contribution in [1.29, 1.82) is 0 Å². The van der Waals surface area contributed by atoms with Gasteiger partial charge >= 0.3 is 0 Å². The van der Waals surface area contributed by atoms with E-state index in [4.69, 9.17) is 5.84 Å². The molecule has 0 aromatic heterocycles. The van der Waals surface area contributed by atoms with Gasteiger partial charge in [-0.15, -0.1) is 0 Å². The van der Waals surface area contributed by atoms with E-state index in [0.29, 0.717) is 6.04 Å². The lowest BCUT2D eigenvalue weighted by molar-refractivity contribution is 0.211. The summed E-state index contributed by atoms with van der Waals surface area (Å²) in [6, 6.07) is 9.18. The van der Waals surface area contributed by atoms with Crippen molar-refractivity contribution < 1.29 is 0 Å². The van der Waals surface area contributed by atoms with Crippen LogP contribution in [0.3, 0.4) is 0 Å². The van der Waals surface area contributed by atoms with Gasteiger partial charge in [-0.25, -0.2) is 0 Å². The molecule has 1 aliphatic rings. The summed E-state index contributed by atoms with van der Waals surface area (Å²) in [5.41, 5.74) is 5.96. The van der Waals surface area contributed by atoms with E-state index in [1.807, 2.05) is 0 Å². The molecule has 2 heteroatoms. The predicted molar refractivity (Wildman–Crippen MR) is 86.4 cm³/mol. The molecule has 0 bridgehead atoms. The van der Waals surface area contributed by atoms with Crippen LogP contribution in [0.25, 0.3) is 0 Å². The Labute approximate surface area is 124 Å². The van der Waals surface area contributed by atoms with E-state index in [9.17, 15) is 0 Å². The SMILES string of the molecule is CCC1CCC(C(CCc2ccccc2C)NN)CC1. The summed E-state index contributed by atoms with van der Waals surface area (Å²) in [5, 5.41) is 0. The van der Waals surface area contributed by atoms with Gasteiger partial charge in [0.2, 0.25) is 0 Å². The van der Waals surface area contributed by atoms with Crippen LogP contribution in [0, 0.1) is 18.8 Å². The molecule has 112 valence electrons. The summed E-state index contributed by atoms with van der Waals surface area (Å²) in [5.74, 6) is 7.55. The second-order valence-corrected chi connectivity index (χ2v) is 6.43. The van der Waals surface area contributed by atoms with Gasteiger partial charge in [-0.3, -0.25) is 11.3 Å². The fourth-order valence-electron chi connectivity index (χ4n) is 3.66. The van der Waals surface area contributed by atoms with Crippen molar-refractivity contribution in [2.24, 2.45) is 17.7 Å². The Morgan fingerprint density at radius 3 is 2.50 bits per heavy atom. The smallest absolute Gasteiger partial charge is 0.0241 e. The summed E-state index contributed by atoms with van der Waals surface area (Å²) < 4.78 is 0. The molecule has 1 atom stereocenters. The first-order valence-corrected chi connectivity index (χ1v) is 8.25. The fraction of sp³-hybridized carbons (Fsp3) is 0.667. The van der Waals surface area contributed by atoms with Crippen LogP contribution in [0.2, 0.25) is 0 Å². The average Bonchev–Trinajstić information content (AvgIpc) is 2.50. The molecule has 0 amide bonds. The molecule has 1 aliphatic carbocycles. The van der Waals surface area contributed by atoms with Gasteiger partial charge in [0.25, 0.3) is 0 Å². The molecule has 2 nitrogen and oxygen atoms in total. The standard InChI is InChI=1S/C18H30N2/c1-3-15-8-10-17(11-9-15)18(20-19)13-12-16-7-5-4-6-14(16)2/h4-7,15,17-18,20H,3,8-13,19H2,1-2H3. The molecule has 1 fully saturated rings. The Bertz CT molecular complexity index is 394. The van der Waals surface area contributed by atoms with Crippen LogP contribution in [0.5, 0.6) is 0 Å². The van der Waals surface area contributed by atoms with Crippen molar-refractivity contribution in [2.75, 3.05) is 0 Å². The Balaban J connectivity index is 1.85. The summed E-state index contributed by atoms with van der Waals surface area (Å²) in [4.78, 5) is 0. The maximum Gasteiger partial charge on any atom is 0.0241 e. The van der Waals surface area contributed by atoms with Crippen LogP contribution >= 0.6 is 0 Å². The third-order valence-electron chi connectivity index (χ3n) is 5.24. The van der Waals surface area contributed by atoms with Crippen LogP contribution < -0.4 is 11.3 Å². The van der Waals surface area contributed by atoms with Crippen LogP contribution in [-0.2, 0) is 6.42 Å². The maximum absolute atomic E-state index is 5.82. The van der Waals surface area contributed by atoms with E-state index < -0.39 is 0 Å². The molecule has 1 saturated carbocycles. The Kier molecular flexibility index (Phi) is 6.06. The first-order valence-electron chi connectivity index (χ1n) is 8.25. The highest BCUT2D eigenvalue weighted by Crippen LogP contribution is 2.33. The van der Waals surface area contributed by atoms with Gasteiger partial charge < -0.3 is 0 Å². The number of nitrogens with one attached hydrogen (secondary N) is 1. The molecule has 0 heterocycles. The molecule has 0 saturated heterocycles. The van der Waals surface area contributed by atoms with Crippen LogP contribution in [-0.4, -0.2) is 6.04 Å². The number of hydrogen-bond acceptors (Lipinski definition) is 2. The monoisotopic (exact) mass is 274 g/mol. The van der Waals surface area contributed by atoms with Crippen LogP contribution in [0.1, 0.15) is 56.6 Å². The van der Waals surface area contributed by atoms with Gasteiger partial charge in [0.1, 0.15) is 0 Å². The molecule has 0 spiro atoms. The highest BCUT2D eigenvalue weighted by Gasteiger charge is 2.26. The first kappa shape index (κ1) is 15.5. The van der Waals surface area contributed by atoms with Gasteiger partial charge in [0.05, 0.1) is 0 Å². The maximum atomic E-state index is 5.82. The van der Waals surface area contributed by atoms with Crippen molar-refractivity contribution in [3.8, 4) is 0 Å². The molecule has 0 aliphatic heterocycles. The van der Waals surface area contributed by atoms with Crippen molar-refractivity contribution in [2.45, 2.75) is 64.8 Å². The number of hydrazine groups is 1. The lowest BCUT2D eigenvalue weighted by Crippen LogP contribution is -2.42. The van der Waals surface area contributed by atoms with Gasteiger partial charge in [-0.1, -0.05) is 50.5 Å². The number of aryl methyl sites for hydroxylation is 2. The molecule has 1 aromatic carbocycles. The summed E-state index contributed by atoms with van der Waals surface area (Å²) in [6.45, 7) is 4.52. The van der Waals surface area contributed by atoms with E-state index >= 15 is 0 Å². The molecule has 2 rings (SSSR count). The quantitative estimate of drug-likeness (QED) is 0.608. The summed E-state index contributed by atoms with van der Waals surface area (Å²) in [7, 11) is 0. The highest BCUT2D eigenvalue weighted by molar-refractivity contribution is 5.25. The molecule has 1 unspecified atom stereocenters. The summed E-state index contributed by atoms with van der Waals surface area (Å²) in [6.07, 6.45) is 9.12. The van der Waals surface area contributed by atoms with Crippen molar-refractivity contribution in [3.05, 3.63) is 35.4 Å². The number of nitrogens with two attached hydrogens (primary N) is 1. The minimum absolute atomic E-state index is 0.479. The van der Waals surface area contributed by atoms with Gasteiger partial charge in [0.15, 0.2) is 0 Å². The van der Waals surface area contributed by atoms with Crippen LogP contribution in [0.15, 0.2) is 24.3 Å². The zero-order valence-electron chi connectivity index (χ0n) is 13.1. The fourth-order valence-corrected chi connectivity index (χ4v) is 3.66. The summed E-state index contributed by atoms with van der Waals surface area (Å²) >= 11 is 0. The highest BCUT2D eigenvalue weighted by atomic mass is 15.2. The Morgan fingerprint density at radius 1 is 1.20 bits per heavy atom. The second-order valence-electron chi connectivity index (χ2n) is 6.43. The average molecular weight is 274 g/mol. The number of rotatable bonds is 6. The molecule has 1 aromatic rings.